The maximum atomic E-state index is 13.6. The van der Waals surface area contributed by atoms with Crippen LogP contribution in [-0.2, 0) is 19.6 Å². The van der Waals surface area contributed by atoms with Crippen molar-refractivity contribution in [1.29, 1.82) is 0 Å². The molecule has 31 heavy (non-hydrogen) atoms. The van der Waals surface area contributed by atoms with Gasteiger partial charge < -0.3 is 10.2 Å². The van der Waals surface area contributed by atoms with E-state index in [1.807, 2.05) is 5.32 Å². The summed E-state index contributed by atoms with van der Waals surface area (Å²) in [5.74, 6) is -6.31. The summed E-state index contributed by atoms with van der Waals surface area (Å²) in [6.45, 7) is -1.12. The molecule has 0 radical (unpaired) electrons. The number of hydrogen-bond acceptors (Lipinski definition) is 4. The molecule has 0 aliphatic carbocycles. The van der Waals surface area contributed by atoms with Gasteiger partial charge in [0.2, 0.25) is 21.8 Å². The average Bonchev–Trinajstić information content (AvgIpc) is 2.73. The molecule has 0 atom stereocenters. The minimum absolute atomic E-state index is 0.551. The molecule has 2 rings (SSSR count). The Morgan fingerprint density at radius 3 is 2.26 bits per heavy atom. The molecule has 2 amide bonds. The molecule has 2 aromatic rings. The summed E-state index contributed by atoms with van der Waals surface area (Å²) in [6.07, 6.45) is 1.38. The van der Waals surface area contributed by atoms with Crippen LogP contribution in [0.2, 0.25) is 0 Å². The number of carbonyl (C=O) groups excluding carboxylic acids is 2. The Labute approximate surface area is 177 Å². The fourth-order valence-corrected chi connectivity index (χ4v) is 3.18. The summed E-state index contributed by atoms with van der Waals surface area (Å²) in [6, 6.07) is 10.2. The van der Waals surface area contributed by atoms with Crippen LogP contribution in [0, 0.1) is 17.5 Å². The molecule has 7 nitrogen and oxygen atoms in total. The van der Waals surface area contributed by atoms with E-state index in [1.54, 1.807) is 30.3 Å². The molecule has 0 unspecified atom stereocenters. The molecule has 0 spiro atoms. The quantitative estimate of drug-likeness (QED) is 0.620. The van der Waals surface area contributed by atoms with Crippen LogP contribution in [0.25, 0.3) is 6.08 Å². The number of hydrogen-bond donors (Lipinski definition) is 1. The number of nitrogens with one attached hydrogen (secondary N) is 1. The lowest BCUT2D eigenvalue weighted by Gasteiger charge is -2.20. The van der Waals surface area contributed by atoms with Crippen molar-refractivity contribution in [3.05, 3.63) is 70.9 Å². The van der Waals surface area contributed by atoms with Gasteiger partial charge in [0.1, 0.15) is 0 Å². The molecular weight excluding hydrogens is 435 g/mol. The molecule has 0 heterocycles. The summed E-state index contributed by atoms with van der Waals surface area (Å²) < 4.78 is 65.2. The Morgan fingerprint density at radius 2 is 1.61 bits per heavy atom. The average molecular weight is 455 g/mol. The highest BCUT2D eigenvalue weighted by Gasteiger charge is 2.22. The highest BCUT2D eigenvalue weighted by molar-refractivity contribution is 7.92. The zero-order valence-electron chi connectivity index (χ0n) is 16.7. The van der Waals surface area contributed by atoms with E-state index >= 15 is 0 Å². The standard InChI is InChI=1S/C20H20F3N3O4S/c1-25(12-17(27)24-16-9-8-15(21)19(22)20(16)23)18(28)13-26(2)31(29,30)11-10-14-6-4-3-5-7-14/h3-11H,12-13H2,1-2H3,(H,24,27)/b11-10+. The first-order valence-electron chi connectivity index (χ1n) is 8.88. The van der Waals surface area contributed by atoms with E-state index in [0.29, 0.717) is 11.6 Å². The Bertz CT molecular complexity index is 1090. The van der Waals surface area contributed by atoms with Crippen molar-refractivity contribution >= 4 is 33.6 Å². The van der Waals surface area contributed by atoms with Crippen LogP contribution < -0.4 is 5.32 Å². The lowest BCUT2D eigenvalue weighted by atomic mass is 10.2. The predicted molar refractivity (Wildman–Crippen MR) is 110 cm³/mol. The predicted octanol–water partition coefficient (Wildman–Crippen LogP) is 2.43. The van der Waals surface area contributed by atoms with Gasteiger partial charge in [-0.1, -0.05) is 30.3 Å². The Kier molecular flexibility index (Phi) is 7.95. The highest BCUT2D eigenvalue weighted by Crippen LogP contribution is 2.19. The minimum atomic E-state index is -3.90. The smallest absolute Gasteiger partial charge is 0.244 e. The molecular formula is C20H20F3N3O4S. The monoisotopic (exact) mass is 455 g/mol. The van der Waals surface area contributed by atoms with Crippen molar-refractivity contribution < 1.29 is 31.2 Å². The number of rotatable bonds is 8. The zero-order chi connectivity index (χ0) is 23.2. The Hall–Kier alpha value is -3.18. The third-order valence-electron chi connectivity index (χ3n) is 4.14. The van der Waals surface area contributed by atoms with Crippen molar-refractivity contribution in [2.24, 2.45) is 0 Å². The Balaban J connectivity index is 1.94. The maximum absolute atomic E-state index is 13.6. The van der Waals surface area contributed by atoms with Crippen LogP contribution in [0.15, 0.2) is 47.9 Å². The second kappa shape index (κ2) is 10.2. The minimum Gasteiger partial charge on any atom is -0.335 e. The Morgan fingerprint density at radius 1 is 0.968 bits per heavy atom. The van der Waals surface area contributed by atoms with Gasteiger partial charge >= 0.3 is 0 Å². The first-order valence-corrected chi connectivity index (χ1v) is 10.4. The van der Waals surface area contributed by atoms with Gasteiger partial charge in [0.25, 0.3) is 0 Å². The molecule has 0 aromatic heterocycles. The van der Waals surface area contributed by atoms with E-state index in [9.17, 15) is 31.2 Å². The van der Waals surface area contributed by atoms with E-state index in [-0.39, 0.29) is 0 Å². The number of likely N-dealkylation sites (N-methyl/N-ethyl adjacent to an activating group) is 2. The molecule has 11 heteroatoms. The first-order chi connectivity index (χ1) is 14.5. The zero-order valence-corrected chi connectivity index (χ0v) is 17.5. The molecule has 0 saturated heterocycles. The largest absolute Gasteiger partial charge is 0.335 e. The number of amides is 2. The second-order valence-electron chi connectivity index (χ2n) is 6.54. The number of benzene rings is 2. The van der Waals surface area contributed by atoms with Gasteiger partial charge in [0.15, 0.2) is 17.5 Å². The van der Waals surface area contributed by atoms with Gasteiger partial charge in [0.05, 0.1) is 18.8 Å². The normalized spacial score (nSPS) is 11.7. The number of anilines is 1. The number of halogens is 3. The van der Waals surface area contributed by atoms with Gasteiger partial charge in [-0.2, -0.15) is 4.31 Å². The van der Waals surface area contributed by atoms with Crippen molar-refractivity contribution in [2.75, 3.05) is 32.5 Å². The molecule has 0 saturated carbocycles. The molecule has 0 bridgehead atoms. The fraction of sp³-hybridized carbons (Fsp3) is 0.200. The van der Waals surface area contributed by atoms with Crippen LogP contribution in [0.4, 0.5) is 18.9 Å². The van der Waals surface area contributed by atoms with Crippen LogP contribution >= 0.6 is 0 Å². The van der Waals surface area contributed by atoms with Gasteiger partial charge in [0, 0.05) is 19.5 Å². The summed E-state index contributed by atoms with van der Waals surface area (Å²) in [4.78, 5) is 25.2. The number of carbonyl (C=O) groups is 2. The van der Waals surface area contributed by atoms with Crippen LogP contribution in [0.3, 0.4) is 0 Å². The number of nitrogens with zero attached hydrogens (tertiary/aromatic N) is 2. The van der Waals surface area contributed by atoms with E-state index in [1.165, 1.54) is 20.2 Å². The lowest BCUT2D eigenvalue weighted by Crippen LogP contribution is -2.41. The van der Waals surface area contributed by atoms with Crippen LogP contribution in [0.5, 0.6) is 0 Å². The topological polar surface area (TPSA) is 86.8 Å². The number of sulfonamides is 1. The molecule has 0 aliphatic rings. The second-order valence-corrected chi connectivity index (χ2v) is 8.46. The van der Waals surface area contributed by atoms with Crippen molar-refractivity contribution in [3.8, 4) is 0 Å². The molecule has 0 aliphatic heterocycles. The lowest BCUT2D eigenvalue weighted by molar-refractivity contribution is -0.133. The van der Waals surface area contributed by atoms with Crippen molar-refractivity contribution in [2.45, 2.75) is 0 Å². The first kappa shape index (κ1) is 24.1. The highest BCUT2D eigenvalue weighted by atomic mass is 32.2. The van der Waals surface area contributed by atoms with E-state index in [4.69, 9.17) is 0 Å². The molecule has 2 aromatic carbocycles. The van der Waals surface area contributed by atoms with Gasteiger partial charge in [-0.15, -0.1) is 0 Å². The van der Waals surface area contributed by atoms with Crippen LogP contribution in [0.1, 0.15) is 5.56 Å². The van der Waals surface area contributed by atoms with Crippen molar-refractivity contribution in [1.82, 2.24) is 9.21 Å². The molecule has 1 N–H and O–H groups in total. The summed E-state index contributed by atoms with van der Waals surface area (Å²) in [5, 5.41) is 2.98. The van der Waals surface area contributed by atoms with Gasteiger partial charge in [-0.05, 0) is 23.8 Å². The van der Waals surface area contributed by atoms with Gasteiger partial charge in [-0.25, -0.2) is 21.6 Å². The summed E-state index contributed by atoms with van der Waals surface area (Å²) in [7, 11) is -1.46. The third-order valence-corrected chi connectivity index (χ3v) is 5.62. The maximum Gasteiger partial charge on any atom is 0.244 e. The molecule has 166 valence electrons. The van der Waals surface area contributed by atoms with E-state index in [2.05, 4.69) is 0 Å². The SMILES string of the molecule is CN(CC(=O)Nc1ccc(F)c(F)c1F)C(=O)CN(C)S(=O)(=O)/C=C/c1ccccc1. The van der Waals surface area contributed by atoms with E-state index < -0.39 is 58.1 Å². The molecule has 0 fully saturated rings. The van der Waals surface area contributed by atoms with Crippen molar-refractivity contribution in [3.63, 3.8) is 0 Å². The fourth-order valence-electron chi connectivity index (χ4n) is 2.35. The summed E-state index contributed by atoms with van der Waals surface area (Å²) >= 11 is 0. The van der Waals surface area contributed by atoms with Crippen LogP contribution in [-0.4, -0.2) is 56.6 Å². The summed E-state index contributed by atoms with van der Waals surface area (Å²) in [5.41, 5.74) is 0.0690. The van der Waals surface area contributed by atoms with Gasteiger partial charge in [-0.3, -0.25) is 9.59 Å². The van der Waals surface area contributed by atoms with E-state index in [0.717, 1.165) is 20.7 Å². The third kappa shape index (κ3) is 6.66.